The maximum Gasteiger partial charge on any atom is 0.0574 e. The number of rotatable bonds is 4. The van der Waals surface area contributed by atoms with Gasteiger partial charge >= 0.3 is 0 Å². The minimum absolute atomic E-state index is 0.261. The summed E-state index contributed by atoms with van der Waals surface area (Å²) in [6, 6.07) is 16.0. The third-order valence-corrected chi connectivity index (χ3v) is 5.51. The Morgan fingerprint density at radius 2 is 1.86 bits per heavy atom. The van der Waals surface area contributed by atoms with Gasteiger partial charge in [-0.1, -0.05) is 58.7 Å². The Morgan fingerprint density at radius 1 is 1.10 bits per heavy atom. The number of hydrogen-bond donors (Lipinski definition) is 1. The van der Waals surface area contributed by atoms with Crippen LogP contribution in [0.15, 0.2) is 46.9 Å². The lowest BCUT2D eigenvalue weighted by Gasteiger charge is -2.27. The van der Waals surface area contributed by atoms with Crippen molar-refractivity contribution in [3.63, 3.8) is 0 Å². The summed E-state index contributed by atoms with van der Waals surface area (Å²) >= 11 is 3.58. The first-order valence-corrected chi connectivity index (χ1v) is 8.51. The highest BCUT2D eigenvalue weighted by Gasteiger charge is 2.21. The van der Waals surface area contributed by atoms with Crippen molar-refractivity contribution in [1.29, 1.82) is 0 Å². The monoisotopic (exact) mass is 343 g/mol. The van der Waals surface area contributed by atoms with Gasteiger partial charge in [0.05, 0.1) is 6.04 Å². The van der Waals surface area contributed by atoms with Gasteiger partial charge in [-0.15, -0.1) is 0 Å². The van der Waals surface area contributed by atoms with Crippen molar-refractivity contribution in [2.24, 2.45) is 0 Å². The van der Waals surface area contributed by atoms with E-state index in [-0.39, 0.29) is 6.04 Å². The Bertz CT molecular complexity index is 631. The van der Waals surface area contributed by atoms with Gasteiger partial charge in [-0.25, -0.2) is 0 Å². The molecule has 0 radical (unpaired) electrons. The highest BCUT2D eigenvalue weighted by atomic mass is 79.9. The zero-order valence-electron chi connectivity index (χ0n) is 12.7. The summed E-state index contributed by atoms with van der Waals surface area (Å²) in [4.78, 5) is 0. The Labute approximate surface area is 135 Å². The maximum absolute atomic E-state index is 3.58. The quantitative estimate of drug-likeness (QED) is 0.790. The summed E-state index contributed by atoms with van der Waals surface area (Å²) < 4.78 is 1.17. The van der Waals surface area contributed by atoms with E-state index in [9.17, 15) is 0 Å². The number of nitrogens with one attached hydrogen (secondary N) is 1. The maximum atomic E-state index is 3.58. The molecule has 21 heavy (non-hydrogen) atoms. The molecule has 0 saturated heterocycles. The third-order valence-electron chi connectivity index (χ3n) is 4.62. The van der Waals surface area contributed by atoms with Crippen LogP contribution in [-0.2, 0) is 0 Å². The van der Waals surface area contributed by atoms with Crippen molar-refractivity contribution in [1.82, 2.24) is 5.32 Å². The first-order chi connectivity index (χ1) is 10.2. The van der Waals surface area contributed by atoms with Crippen molar-refractivity contribution in [2.75, 3.05) is 7.05 Å². The van der Waals surface area contributed by atoms with E-state index in [4.69, 9.17) is 0 Å². The van der Waals surface area contributed by atoms with E-state index in [2.05, 4.69) is 70.6 Å². The summed E-state index contributed by atoms with van der Waals surface area (Å²) in [7, 11) is 2.04. The summed E-state index contributed by atoms with van der Waals surface area (Å²) in [5.74, 6) is 0.786. The van der Waals surface area contributed by atoms with Crippen molar-refractivity contribution in [2.45, 2.75) is 38.1 Å². The molecule has 0 amide bonds. The van der Waals surface area contributed by atoms with Gasteiger partial charge in [0.1, 0.15) is 0 Å². The molecule has 1 aliphatic rings. The Balaban J connectivity index is 1.93. The second-order valence-electron chi connectivity index (χ2n) is 6.03. The third kappa shape index (κ3) is 3.07. The minimum Gasteiger partial charge on any atom is -0.309 e. The molecule has 2 aromatic rings. The molecule has 1 atom stereocenters. The van der Waals surface area contributed by atoms with Crippen LogP contribution in [0.3, 0.4) is 0 Å². The van der Waals surface area contributed by atoms with Crippen LogP contribution < -0.4 is 5.32 Å². The first kappa shape index (κ1) is 14.8. The number of benzene rings is 2. The fourth-order valence-electron chi connectivity index (χ4n) is 3.11. The molecule has 0 heterocycles. The summed E-state index contributed by atoms with van der Waals surface area (Å²) in [6.07, 6.45) is 4.09. The second-order valence-corrected chi connectivity index (χ2v) is 6.88. The zero-order valence-corrected chi connectivity index (χ0v) is 14.3. The molecule has 0 bridgehead atoms. The first-order valence-electron chi connectivity index (χ1n) is 7.72. The van der Waals surface area contributed by atoms with E-state index in [1.165, 1.54) is 46.0 Å². The van der Waals surface area contributed by atoms with Crippen LogP contribution in [0, 0.1) is 6.92 Å². The normalized spacial score (nSPS) is 16.5. The predicted octanol–water partition coefficient (Wildman–Crippen LogP) is 5.33. The van der Waals surface area contributed by atoms with Crippen LogP contribution in [0.1, 0.15) is 53.5 Å². The molecular weight excluding hydrogens is 322 g/mol. The molecule has 1 unspecified atom stereocenters. The van der Waals surface area contributed by atoms with Crippen LogP contribution in [0.2, 0.25) is 0 Å². The standard InChI is InChI=1S/C19H22BrN/c1-13-11-17(9-10-18(13)20)19(21-2)16-8-4-7-15(12-16)14-5-3-6-14/h4,7-12,14,19,21H,3,5-6H2,1-2H3. The molecule has 0 aromatic heterocycles. The second kappa shape index (κ2) is 6.33. The van der Waals surface area contributed by atoms with Gasteiger partial charge in [0.15, 0.2) is 0 Å². The van der Waals surface area contributed by atoms with Crippen LogP contribution in [0.5, 0.6) is 0 Å². The zero-order chi connectivity index (χ0) is 14.8. The molecule has 1 N–H and O–H groups in total. The van der Waals surface area contributed by atoms with E-state index >= 15 is 0 Å². The molecule has 0 aliphatic heterocycles. The largest absolute Gasteiger partial charge is 0.309 e. The predicted molar refractivity (Wildman–Crippen MR) is 92.8 cm³/mol. The molecular formula is C19H22BrN. The molecule has 2 heteroatoms. The summed E-state index contributed by atoms with van der Waals surface area (Å²) in [6.45, 7) is 2.14. The Morgan fingerprint density at radius 3 is 2.48 bits per heavy atom. The Hall–Kier alpha value is -1.12. The summed E-state index contributed by atoms with van der Waals surface area (Å²) in [5.41, 5.74) is 5.48. The average molecular weight is 344 g/mol. The van der Waals surface area contributed by atoms with E-state index in [1.54, 1.807) is 0 Å². The van der Waals surface area contributed by atoms with E-state index in [0.29, 0.717) is 0 Å². The molecule has 3 rings (SSSR count). The molecule has 1 aliphatic carbocycles. The molecule has 2 aromatic carbocycles. The van der Waals surface area contributed by atoms with Gasteiger partial charge in [0.25, 0.3) is 0 Å². The van der Waals surface area contributed by atoms with Crippen molar-refractivity contribution in [3.8, 4) is 0 Å². The molecule has 110 valence electrons. The smallest absolute Gasteiger partial charge is 0.0574 e. The number of hydrogen-bond acceptors (Lipinski definition) is 1. The lowest BCUT2D eigenvalue weighted by molar-refractivity contribution is 0.419. The fraction of sp³-hybridized carbons (Fsp3) is 0.368. The number of halogens is 1. The fourth-order valence-corrected chi connectivity index (χ4v) is 3.35. The van der Waals surface area contributed by atoms with Crippen LogP contribution >= 0.6 is 15.9 Å². The van der Waals surface area contributed by atoms with E-state index in [1.807, 2.05) is 7.05 Å². The molecule has 1 saturated carbocycles. The van der Waals surface area contributed by atoms with Gasteiger partial charge < -0.3 is 5.32 Å². The van der Waals surface area contributed by atoms with Gasteiger partial charge in [-0.05, 0) is 61.1 Å². The lowest BCUT2D eigenvalue weighted by atomic mass is 9.79. The van der Waals surface area contributed by atoms with Gasteiger partial charge in [-0.2, -0.15) is 0 Å². The highest BCUT2D eigenvalue weighted by molar-refractivity contribution is 9.10. The topological polar surface area (TPSA) is 12.0 Å². The van der Waals surface area contributed by atoms with Crippen LogP contribution in [0.4, 0.5) is 0 Å². The van der Waals surface area contributed by atoms with Crippen molar-refractivity contribution >= 4 is 15.9 Å². The summed E-state index contributed by atoms with van der Waals surface area (Å²) in [5, 5.41) is 3.47. The minimum atomic E-state index is 0.261. The van der Waals surface area contributed by atoms with E-state index < -0.39 is 0 Å². The van der Waals surface area contributed by atoms with Gasteiger partial charge in [-0.3, -0.25) is 0 Å². The van der Waals surface area contributed by atoms with Crippen molar-refractivity contribution < 1.29 is 0 Å². The molecule has 1 nitrogen and oxygen atoms in total. The van der Waals surface area contributed by atoms with Crippen LogP contribution in [-0.4, -0.2) is 7.05 Å². The Kier molecular flexibility index (Phi) is 4.46. The highest BCUT2D eigenvalue weighted by Crippen LogP contribution is 2.37. The van der Waals surface area contributed by atoms with Gasteiger partial charge in [0, 0.05) is 4.47 Å². The number of aryl methyl sites for hydroxylation is 1. The SMILES string of the molecule is CNC(c1cccc(C2CCC2)c1)c1ccc(Br)c(C)c1. The molecule has 1 fully saturated rings. The van der Waals surface area contributed by atoms with Gasteiger partial charge in [0.2, 0.25) is 0 Å². The lowest BCUT2D eigenvalue weighted by Crippen LogP contribution is -2.18. The van der Waals surface area contributed by atoms with Crippen molar-refractivity contribution in [3.05, 3.63) is 69.2 Å². The average Bonchev–Trinajstić information content (AvgIpc) is 2.42. The van der Waals surface area contributed by atoms with Crippen LogP contribution in [0.25, 0.3) is 0 Å². The van der Waals surface area contributed by atoms with E-state index in [0.717, 1.165) is 5.92 Å². The molecule has 0 spiro atoms.